The average Bonchev–Trinajstić information content (AvgIpc) is 3.19. The maximum absolute atomic E-state index is 12.5. The van der Waals surface area contributed by atoms with Crippen LogP contribution < -0.4 is 5.56 Å². The topological polar surface area (TPSA) is 78.8 Å². The first kappa shape index (κ1) is 12.6. The van der Waals surface area contributed by atoms with E-state index in [9.17, 15) is 4.79 Å². The summed E-state index contributed by atoms with van der Waals surface area (Å²) in [6.07, 6.45) is 5.75. The van der Waals surface area contributed by atoms with Crippen LogP contribution in [-0.2, 0) is 6.42 Å². The molecule has 0 unspecified atom stereocenters. The molecule has 4 rings (SSSR count). The van der Waals surface area contributed by atoms with Crippen molar-refractivity contribution in [2.75, 3.05) is 0 Å². The molecule has 108 valence electrons. The predicted octanol–water partition coefficient (Wildman–Crippen LogP) is 2.00. The van der Waals surface area contributed by atoms with E-state index in [4.69, 9.17) is 0 Å². The maximum Gasteiger partial charge on any atom is 0.282 e. The molecular weight excluding hydrogens is 278 g/mol. The number of hydrogen-bond donors (Lipinski definition) is 2. The molecule has 0 fully saturated rings. The Morgan fingerprint density at radius 1 is 1.14 bits per heavy atom. The molecule has 0 spiro atoms. The van der Waals surface area contributed by atoms with Gasteiger partial charge in [-0.05, 0) is 11.6 Å². The molecule has 0 saturated heterocycles. The number of fused-ring (bicyclic) bond motifs is 1. The first-order chi connectivity index (χ1) is 10.8. The minimum Gasteiger partial charge on any atom is -0.297 e. The van der Waals surface area contributed by atoms with Gasteiger partial charge in [0.15, 0.2) is 5.65 Å². The van der Waals surface area contributed by atoms with Crippen molar-refractivity contribution in [3.8, 4) is 11.3 Å². The van der Waals surface area contributed by atoms with Crippen LogP contribution in [0.15, 0.2) is 59.8 Å². The minimum absolute atomic E-state index is 0.145. The molecular formula is C16H13N5O. The van der Waals surface area contributed by atoms with Gasteiger partial charge in [-0.25, -0.2) is 9.50 Å². The number of nitrogens with zero attached hydrogens (tertiary/aromatic N) is 3. The van der Waals surface area contributed by atoms with Crippen LogP contribution in [0, 0.1) is 0 Å². The van der Waals surface area contributed by atoms with Crippen molar-refractivity contribution >= 4 is 5.65 Å². The van der Waals surface area contributed by atoms with Crippen LogP contribution in [0.5, 0.6) is 0 Å². The van der Waals surface area contributed by atoms with E-state index in [1.807, 2.05) is 24.4 Å². The molecule has 2 N–H and O–H groups in total. The van der Waals surface area contributed by atoms with Gasteiger partial charge in [0.2, 0.25) is 0 Å². The van der Waals surface area contributed by atoms with E-state index >= 15 is 0 Å². The van der Waals surface area contributed by atoms with Gasteiger partial charge in [0.05, 0.1) is 11.3 Å². The Hall–Kier alpha value is -3.15. The Morgan fingerprint density at radius 2 is 2.00 bits per heavy atom. The number of rotatable bonds is 3. The Bertz CT molecular complexity index is 967. The Kier molecular flexibility index (Phi) is 2.86. The van der Waals surface area contributed by atoms with Crippen LogP contribution in [0.1, 0.15) is 11.1 Å². The third-order valence-corrected chi connectivity index (χ3v) is 3.64. The average molecular weight is 291 g/mol. The fourth-order valence-corrected chi connectivity index (χ4v) is 2.55. The van der Waals surface area contributed by atoms with E-state index in [0.717, 1.165) is 12.0 Å². The minimum atomic E-state index is -0.145. The fraction of sp³-hybridized carbons (Fsp3) is 0.0625. The van der Waals surface area contributed by atoms with Crippen molar-refractivity contribution in [1.82, 2.24) is 24.8 Å². The monoisotopic (exact) mass is 291 g/mol. The Labute approximate surface area is 125 Å². The lowest BCUT2D eigenvalue weighted by molar-refractivity contribution is 0.899. The van der Waals surface area contributed by atoms with Crippen LogP contribution >= 0.6 is 0 Å². The van der Waals surface area contributed by atoms with Crippen molar-refractivity contribution in [3.63, 3.8) is 0 Å². The van der Waals surface area contributed by atoms with Gasteiger partial charge in [0.25, 0.3) is 5.56 Å². The van der Waals surface area contributed by atoms with Crippen molar-refractivity contribution in [3.05, 3.63) is 76.5 Å². The second-order valence-corrected chi connectivity index (χ2v) is 5.07. The summed E-state index contributed by atoms with van der Waals surface area (Å²) in [5.74, 6) is 0. The highest BCUT2D eigenvalue weighted by Crippen LogP contribution is 2.15. The zero-order valence-electron chi connectivity index (χ0n) is 11.7. The molecule has 1 aromatic carbocycles. The summed E-state index contributed by atoms with van der Waals surface area (Å²) in [6.45, 7) is 0. The first-order valence-corrected chi connectivity index (χ1v) is 6.94. The third kappa shape index (κ3) is 2.01. The molecule has 0 saturated carbocycles. The molecule has 3 heterocycles. The van der Waals surface area contributed by atoms with E-state index in [2.05, 4.69) is 32.4 Å². The van der Waals surface area contributed by atoms with Crippen molar-refractivity contribution in [2.24, 2.45) is 0 Å². The molecule has 0 aliphatic carbocycles. The fourth-order valence-electron chi connectivity index (χ4n) is 2.55. The Balaban J connectivity index is 1.81. The normalized spacial score (nSPS) is 11.1. The summed E-state index contributed by atoms with van der Waals surface area (Å²) in [4.78, 5) is 17.0. The van der Waals surface area contributed by atoms with E-state index in [1.54, 1.807) is 18.5 Å². The van der Waals surface area contributed by atoms with E-state index < -0.39 is 0 Å². The summed E-state index contributed by atoms with van der Waals surface area (Å²) >= 11 is 0. The molecule has 0 radical (unpaired) electrons. The molecule has 0 aliphatic heterocycles. The number of aromatic nitrogens is 5. The van der Waals surface area contributed by atoms with Crippen LogP contribution in [0.4, 0.5) is 0 Å². The number of H-pyrrole nitrogens is 2. The third-order valence-electron chi connectivity index (χ3n) is 3.64. The summed E-state index contributed by atoms with van der Waals surface area (Å²) in [5, 5.41) is 9.64. The molecule has 6 heteroatoms. The van der Waals surface area contributed by atoms with Gasteiger partial charge in [-0.15, -0.1) is 0 Å². The standard InChI is InChI=1S/C16H13N5O/c22-16-13(14-6-7-18-20-14)10-17-15-12(9-19-21(15)16)8-11-4-2-1-3-5-11/h1-7,9-10,19H,8H2,(H,18,20). The van der Waals surface area contributed by atoms with Crippen LogP contribution in [0.3, 0.4) is 0 Å². The van der Waals surface area contributed by atoms with Crippen LogP contribution in [0.2, 0.25) is 0 Å². The molecule has 0 bridgehead atoms. The van der Waals surface area contributed by atoms with Gasteiger partial charge in [-0.2, -0.15) is 5.10 Å². The molecule has 3 aromatic heterocycles. The predicted molar refractivity (Wildman–Crippen MR) is 82.6 cm³/mol. The van der Waals surface area contributed by atoms with Crippen LogP contribution in [0.25, 0.3) is 16.9 Å². The molecule has 0 amide bonds. The van der Waals surface area contributed by atoms with Gasteiger partial charge >= 0.3 is 0 Å². The second kappa shape index (κ2) is 5.00. The highest BCUT2D eigenvalue weighted by Gasteiger charge is 2.12. The molecule has 6 nitrogen and oxygen atoms in total. The number of benzene rings is 1. The zero-order chi connectivity index (χ0) is 14.9. The quantitative estimate of drug-likeness (QED) is 0.606. The highest BCUT2D eigenvalue weighted by atomic mass is 16.1. The van der Waals surface area contributed by atoms with Crippen molar-refractivity contribution in [1.29, 1.82) is 0 Å². The lowest BCUT2D eigenvalue weighted by Gasteiger charge is -2.01. The largest absolute Gasteiger partial charge is 0.297 e. The molecule has 0 aliphatic rings. The van der Waals surface area contributed by atoms with Gasteiger partial charge in [-0.3, -0.25) is 15.0 Å². The molecule has 0 atom stereocenters. The SMILES string of the molecule is O=c1c(-c2ccn[nH]2)cnc2c(Cc3ccccc3)c[nH]n12. The van der Waals surface area contributed by atoms with E-state index in [1.165, 1.54) is 10.1 Å². The van der Waals surface area contributed by atoms with Gasteiger partial charge < -0.3 is 0 Å². The van der Waals surface area contributed by atoms with Gasteiger partial charge in [0.1, 0.15) is 0 Å². The van der Waals surface area contributed by atoms with E-state index in [-0.39, 0.29) is 5.56 Å². The summed E-state index contributed by atoms with van der Waals surface area (Å²) in [6, 6.07) is 11.8. The van der Waals surface area contributed by atoms with Gasteiger partial charge in [-0.1, -0.05) is 30.3 Å². The summed E-state index contributed by atoms with van der Waals surface area (Å²) < 4.78 is 1.47. The van der Waals surface area contributed by atoms with E-state index in [0.29, 0.717) is 16.9 Å². The van der Waals surface area contributed by atoms with Gasteiger partial charge in [0, 0.05) is 30.6 Å². The lowest BCUT2D eigenvalue weighted by atomic mass is 10.1. The first-order valence-electron chi connectivity index (χ1n) is 6.94. The van der Waals surface area contributed by atoms with Crippen LogP contribution in [-0.4, -0.2) is 24.8 Å². The van der Waals surface area contributed by atoms with Crippen molar-refractivity contribution < 1.29 is 0 Å². The molecule has 4 aromatic rings. The number of nitrogens with one attached hydrogen (secondary N) is 2. The highest BCUT2D eigenvalue weighted by molar-refractivity contribution is 5.59. The number of hydrogen-bond acceptors (Lipinski definition) is 3. The summed E-state index contributed by atoms with van der Waals surface area (Å²) in [5.41, 5.74) is 3.82. The summed E-state index contributed by atoms with van der Waals surface area (Å²) in [7, 11) is 0. The molecule has 22 heavy (non-hydrogen) atoms. The second-order valence-electron chi connectivity index (χ2n) is 5.07. The maximum atomic E-state index is 12.5. The lowest BCUT2D eigenvalue weighted by Crippen LogP contribution is -2.17. The zero-order valence-corrected chi connectivity index (χ0v) is 11.7. The Morgan fingerprint density at radius 3 is 2.77 bits per heavy atom. The van der Waals surface area contributed by atoms with Crippen molar-refractivity contribution in [2.45, 2.75) is 6.42 Å². The smallest absolute Gasteiger partial charge is 0.282 e. The number of aromatic amines is 2.